The van der Waals surface area contributed by atoms with Gasteiger partial charge in [0.15, 0.2) is 5.69 Å². The van der Waals surface area contributed by atoms with Crippen LogP contribution in [0.1, 0.15) is 23.7 Å². The fraction of sp³-hybridized carbons (Fsp3) is 0.312. The van der Waals surface area contributed by atoms with E-state index in [-0.39, 0.29) is 17.8 Å². The van der Waals surface area contributed by atoms with Crippen molar-refractivity contribution >= 4 is 11.7 Å². The van der Waals surface area contributed by atoms with E-state index in [2.05, 4.69) is 10.1 Å². The molecule has 0 unspecified atom stereocenters. The van der Waals surface area contributed by atoms with Gasteiger partial charge in [0.05, 0.1) is 17.0 Å². The number of rotatable bonds is 2. The highest BCUT2D eigenvalue weighted by Crippen LogP contribution is 2.36. The maximum Gasteiger partial charge on any atom is 0.435 e. The van der Waals surface area contributed by atoms with Gasteiger partial charge >= 0.3 is 18.3 Å². The molecule has 0 saturated carbocycles. The molecule has 2 heterocycles. The number of aliphatic imine (C=N–C) groups is 1. The number of halogens is 6. The normalized spacial score (nSPS) is 18.3. The van der Waals surface area contributed by atoms with E-state index in [0.717, 1.165) is 18.3 Å². The highest BCUT2D eigenvalue weighted by Gasteiger charge is 2.37. The van der Waals surface area contributed by atoms with Crippen molar-refractivity contribution in [2.24, 2.45) is 4.99 Å². The van der Waals surface area contributed by atoms with E-state index < -0.39 is 41.4 Å². The molecule has 0 fully saturated rings. The lowest BCUT2D eigenvalue weighted by Gasteiger charge is -2.21. The number of hydrogen-bond acceptors (Lipinski definition) is 4. The number of benzene rings is 1. The zero-order valence-corrected chi connectivity index (χ0v) is 13.6. The van der Waals surface area contributed by atoms with Crippen molar-refractivity contribution in [1.29, 1.82) is 0 Å². The van der Waals surface area contributed by atoms with Crippen LogP contribution in [0.2, 0.25) is 0 Å². The summed E-state index contributed by atoms with van der Waals surface area (Å²) in [6, 6.07) is 3.59. The van der Waals surface area contributed by atoms with Crippen molar-refractivity contribution in [1.82, 2.24) is 9.78 Å². The molecule has 0 radical (unpaired) electrons. The SMILES string of the molecule is C[C@@H]1OC(=O)CN=C1c1ccc(-n2ccc(C(F)(F)F)n2)c(C(F)(F)F)c1. The second-order valence-electron chi connectivity index (χ2n) is 5.71. The minimum absolute atomic E-state index is 0.0503. The second kappa shape index (κ2) is 6.39. The van der Waals surface area contributed by atoms with Crippen molar-refractivity contribution in [3.8, 4) is 5.69 Å². The molecule has 0 spiro atoms. The number of alkyl halides is 6. The van der Waals surface area contributed by atoms with E-state index >= 15 is 0 Å². The summed E-state index contributed by atoms with van der Waals surface area (Å²) in [6.07, 6.45) is -9.68. The monoisotopic (exact) mass is 391 g/mol. The lowest BCUT2D eigenvalue weighted by molar-refractivity contribution is -0.144. The first-order valence-electron chi connectivity index (χ1n) is 7.55. The molecular formula is C16H11F6N3O2. The lowest BCUT2D eigenvalue weighted by Crippen LogP contribution is -2.32. The van der Waals surface area contributed by atoms with Crippen LogP contribution in [0.25, 0.3) is 5.69 Å². The van der Waals surface area contributed by atoms with Gasteiger partial charge in [-0.25, -0.2) is 4.68 Å². The highest BCUT2D eigenvalue weighted by molar-refractivity contribution is 6.06. The molecule has 0 saturated heterocycles. The number of ether oxygens (including phenoxy) is 1. The fourth-order valence-electron chi connectivity index (χ4n) is 2.63. The standard InChI is InChI=1S/C16H11F6N3O2/c1-8-14(23-7-13(26)27-8)9-2-3-11(10(6-9)15(17,18)19)25-5-4-12(24-25)16(20,21)22/h2-6,8H,7H2,1H3/t8-/m0/s1. The first-order chi connectivity index (χ1) is 12.5. The maximum atomic E-state index is 13.5. The largest absolute Gasteiger partial charge is 0.455 e. The summed E-state index contributed by atoms with van der Waals surface area (Å²) in [6.45, 7) is 1.14. The van der Waals surface area contributed by atoms with Crippen LogP contribution in [0.4, 0.5) is 26.3 Å². The number of carbonyl (C=O) groups excluding carboxylic acids is 1. The van der Waals surface area contributed by atoms with Crippen molar-refractivity contribution in [2.75, 3.05) is 6.54 Å². The van der Waals surface area contributed by atoms with Crippen LogP contribution in [-0.4, -0.2) is 34.1 Å². The summed E-state index contributed by atoms with van der Waals surface area (Å²) in [5.74, 6) is -0.602. The average molecular weight is 391 g/mol. The number of carbonyl (C=O) groups is 1. The van der Waals surface area contributed by atoms with Crippen molar-refractivity contribution in [3.05, 3.63) is 47.3 Å². The quantitative estimate of drug-likeness (QED) is 0.580. The Hall–Kier alpha value is -2.85. The Kier molecular flexibility index (Phi) is 4.48. The van der Waals surface area contributed by atoms with Crippen molar-refractivity contribution in [3.63, 3.8) is 0 Å². The third kappa shape index (κ3) is 3.81. The summed E-state index contributed by atoms with van der Waals surface area (Å²) in [5.41, 5.74) is -2.87. The molecule has 144 valence electrons. The maximum absolute atomic E-state index is 13.5. The smallest absolute Gasteiger partial charge is 0.435 e. The number of esters is 1. The molecule has 1 aliphatic rings. The Labute approximate surface area is 148 Å². The van der Waals surface area contributed by atoms with Gasteiger partial charge in [0, 0.05) is 11.8 Å². The van der Waals surface area contributed by atoms with Crippen molar-refractivity contribution in [2.45, 2.75) is 25.4 Å². The molecule has 0 amide bonds. The minimum atomic E-state index is -4.86. The molecule has 0 N–H and O–H groups in total. The average Bonchev–Trinajstić information content (AvgIpc) is 3.03. The first-order valence-corrected chi connectivity index (χ1v) is 7.55. The lowest BCUT2D eigenvalue weighted by atomic mass is 10.0. The summed E-state index contributed by atoms with van der Waals surface area (Å²) in [7, 11) is 0. The van der Waals surface area contributed by atoms with Crippen LogP contribution in [0, 0.1) is 0 Å². The van der Waals surface area contributed by atoms with Gasteiger partial charge in [0.2, 0.25) is 0 Å². The van der Waals surface area contributed by atoms with E-state index in [9.17, 15) is 31.1 Å². The molecule has 1 atom stereocenters. The second-order valence-corrected chi connectivity index (χ2v) is 5.71. The number of nitrogens with zero attached hydrogens (tertiary/aromatic N) is 3. The highest BCUT2D eigenvalue weighted by atomic mass is 19.4. The molecule has 1 aliphatic heterocycles. The predicted molar refractivity (Wildman–Crippen MR) is 80.5 cm³/mol. The van der Waals surface area contributed by atoms with Gasteiger partial charge in [-0.05, 0) is 25.1 Å². The van der Waals surface area contributed by atoms with Crippen LogP contribution in [0.15, 0.2) is 35.5 Å². The molecule has 3 rings (SSSR count). The van der Waals surface area contributed by atoms with Gasteiger partial charge in [0.1, 0.15) is 12.6 Å². The molecule has 5 nitrogen and oxygen atoms in total. The molecule has 11 heteroatoms. The van der Waals surface area contributed by atoms with Crippen LogP contribution < -0.4 is 0 Å². The van der Waals surface area contributed by atoms with E-state index in [1.54, 1.807) is 0 Å². The minimum Gasteiger partial charge on any atom is -0.455 e. The molecule has 1 aromatic carbocycles. The Bertz CT molecular complexity index is 914. The van der Waals surface area contributed by atoms with E-state index in [1.807, 2.05) is 0 Å². The van der Waals surface area contributed by atoms with Gasteiger partial charge in [-0.1, -0.05) is 6.07 Å². The Morgan fingerprint density at radius 2 is 1.81 bits per heavy atom. The molecular weight excluding hydrogens is 380 g/mol. The zero-order chi connectivity index (χ0) is 20.0. The van der Waals surface area contributed by atoms with Gasteiger partial charge in [-0.3, -0.25) is 9.79 Å². The van der Waals surface area contributed by atoms with Crippen LogP contribution in [0.3, 0.4) is 0 Å². The number of aromatic nitrogens is 2. The Morgan fingerprint density at radius 1 is 1.11 bits per heavy atom. The molecule has 0 aliphatic carbocycles. The van der Waals surface area contributed by atoms with Crippen molar-refractivity contribution < 1.29 is 35.9 Å². The third-order valence-corrected chi connectivity index (χ3v) is 3.80. The van der Waals surface area contributed by atoms with Gasteiger partial charge in [0.25, 0.3) is 0 Å². The number of hydrogen-bond donors (Lipinski definition) is 0. The van der Waals surface area contributed by atoms with Crippen LogP contribution in [-0.2, 0) is 21.9 Å². The molecule has 0 bridgehead atoms. The summed E-state index contributed by atoms with van der Waals surface area (Å²) >= 11 is 0. The third-order valence-electron chi connectivity index (χ3n) is 3.80. The fourth-order valence-corrected chi connectivity index (χ4v) is 2.63. The van der Waals surface area contributed by atoms with E-state index in [1.165, 1.54) is 13.0 Å². The summed E-state index contributed by atoms with van der Waals surface area (Å²) in [4.78, 5) is 15.1. The predicted octanol–water partition coefficient (Wildman–Crippen LogP) is 3.64. The van der Waals surface area contributed by atoms with Crippen LogP contribution in [0.5, 0.6) is 0 Å². The topological polar surface area (TPSA) is 56.5 Å². The van der Waals surface area contributed by atoms with Gasteiger partial charge in [-0.2, -0.15) is 31.4 Å². The summed E-state index contributed by atoms with van der Waals surface area (Å²) in [5, 5.41) is 3.19. The Morgan fingerprint density at radius 3 is 2.37 bits per heavy atom. The summed E-state index contributed by atoms with van der Waals surface area (Å²) < 4.78 is 84.0. The molecule has 2 aromatic rings. The van der Waals surface area contributed by atoms with Gasteiger partial charge in [-0.15, -0.1) is 0 Å². The van der Waals surface area contributed by atoms with E-state index in [0.29, 0.717) is 10.7 Å². The molecule has 1 aromatic heterocycles. The molecule has 27 heavy (non-hydrogen) atoms. The van der Waals surface area contributed by atoms with Crippen LogP contribution >= 0.6 is 0 Å². The number of cyclic esters (lactones) is 1. The van der Waals surface area contributed by atoms with E-state index in [4.69, 9.17) is 4.74 Å². The first kappa shape index (κ1) is 18.9. The van der Waals surface area contributed by atoms with Gasteiger partial charge < -0.3 is 4.74 Å². The zero-order valence-electron chi connectivity index (χ0n) is 13.6. The Balaban J connectivity index is 2.09.